The summed E-state index contributed by atoms with van der Waals surface area (Å²) in [6.45, 7) is 2.13. The first-order valence-electron chi connectivity index (χ1n) is 4.89. The number of nitrogens with one attached hydrogen (secondary N) is 1. The Balaban J connectivity index is 2.33. The van der Waals surface area contributed by atoms with Crippen LogP contribution in [0.1, 0.15) is 17.9 Å². The molecular weight excluding hydrogens is 194 g/mol. The number of thioether (sulfide) groups is 1. The molecule has 14 heavy (non-hydrogen) atoms. The third-order valence-corrected chi connectivity index (χ3v) is 3.53. The minimum absolute atomic E-state index is 0.379. The maximum atomic E-state index is 9.46. The molecule has 0 aromatic heterocycles. The Kier molecular flexibility index (Phi) is 2.99. The highest BCUT2D eigenvalue weighted by Crippen LogP contribution is 2.33. The molecule has 2 rings (SSSR count). The van der Waals surface area contributed by atoms with E-state index in [1.54, 1.807) is 17.8 Å². The van der Waals surface area contributed by atoms with Crippen LogP contribution < -0.4 is 5.32 Å². The lowest BCUT2D eigenvalue weighted by Crippen LogP contribution is -2.08. The summed E-state index contributed by atoms with van der Waals surface area (Å²) in [4.78, 5) is 1.29. The lowest BCUT2D eigenvalue weighted by Gasteiger charge is -2.13. The van der Waals surface area contributed by atoms with E-state index in [0.717, 1.165) is 13.1 Å². The standard InChI is InChI=1S/C11H15NOS/c1-14-11-3-2-9(13)6-10(11)8-4-5-12-7-8/h2-3,6,8,12-13H,4-5,7H2,1H3. The summed E-state index contributed by atoms with van der Waals surface area (Å²) >= 11 is 1.75. The van der Waals surface area contributed by atoms with Crippen LogP contribution in [0.25, 0.3) is 0 Å². The predicted molar refractivity (Wildman–Crippen MR) is 60.1 cm³/mol. The molecule has 0 radical (unpaired) electrons. The molecule has 2 N–H and O–H groups in total. The fraction of sp³-hybridized carbons (Fsp3) is 0.455. The van der Waals surface area contributed by atoms with Crippen molar-refractivity contribution in [3.63, 3.8) is 0 Å². The lowest BCUT2D eigenvalue weighted by atomic mass is 9.98. The zero-order valence-electron chi connectivity index (χ0n) is 8.29. The molecule has 1 unspecified atom stereocenters. The number of aromatic hydroxyl groups is 1. The minimum Gasteiger partial charge on any atom is -0.508 e. The largest absolute Gasteiger partial charge is 0.508 e. The highest BCUT2D eigenvalue weighted by molar-refractivity contribution is 7.98. The van der Waals surface area contributed by atoms with Crippen LogP contribution in [0.3, 0.4) is 0 Å². The number of phenols is 1. The van der Waals surface area contributed by atoms with Gasteiger partial charge in [0.2, 0.25) is 0 Å². The van der Waals surface area contributed by atoms with Gasteiger partial charge in [0.25, 0.3) is 0 Å². The second-order valence-corrected chi connectivity index (χ2v) is 4.46. The van der Waals surface area contributed by atoms with Crippen LogP contribution >= 0.6 is 11.8 Å². The third-order valence-electron chi connectivity index (χ3n) is 2.71. The van der Waals surface area contributed by atoms with Crippen LogP contribution in [0.15, 0.2) is 23.1 Å². The van der Waals surface area contributed by atoms with Crippen LogP contribution in [-0.4, -0.2) is 24.5 Å². The number of phenolic OH excluding ortho intramolecular Hbond substituents is 1. The van der Waals surface area contributed by atoms with Gasteiger partial charge < -0.3 is 10.4 Å². The third kappa shape index (κ3) is 1.88. The minimum atomic E-state index is 0.379. The first-order valence-corrected chi connectivity index (χ1v) is 6.11. The van der Waals surface area contributed by atoms with Crippen molar-refractivity contribution in [3.8, 4) is 5.75 Å². The van der Waals surface area contributed by atoms with Gasteiger partial charge in [0.1, 0.15) is 5.75 Å². The van der Waals surface area contributed by atoms with Gasteiger partial charge in [-0.15, -0.1) is 11.8 Å². The van der Waals surface area contributed by atoms with Crippen molar-refractivity contribution in [2.75, 3.05) is 19.3 Å². The van der Waals surface area contributed by atoms with Crippen molar-refractivity contribution in [2.24, 2.45) is 0 Å². The Morgan fingerprint density at radius 1 is 1.50 bits per heavy atom. The first-order chi connectivity index (χ1) is 6.81. The number of hydrogen-bond acceptors (Lipinski definition) is 3. The van der Waals surface area contributed by atoms with Crippen molar-refractivity contribution in [1.29, 1.82) is 0 Å². The normalized spacial score (nSPS) is 21.4. The van der Waals surface area contributed by atoms with E-state index in [4.69, 9.17) is 0 Å². The van der Waals surface area contributed by atoms with Crippen molar-refractivity contribution in [2.45, 2.75) is 17.2 Å². The average Bonchev–Trinajstić information content (AvgIpc) is 2.70. The quantitative estimate of drug-likeness (QED) is 0.732. The van der Waals surface area contributed by atoms with Gasteiger partial charge in [0, 0.05) is 11.4 Å². The zero-order chi connectivity index (χ0) is 9.97. The average molecular weight is 209 g/mol. The Morgan fingerprint density at radius 2 is 2.36 bits per heavy atom. The van der Waals surface area contributed by atoms with E-state index in [1.165, 1.54) is 16.9 Å². The Bertz CT molecular complexity index is 321. The summed E-state index contributed by atoms with van der Waals surface area (Å²) < 4.78 is 0. The Hall–Kier alpha value is -0.670. The SMILES string of the molecule is CSc1ccc(O)cc1C1CCNC1. The molecule has 2 nitrogen and oxygen atoms in total. The van der Waals surface area contributed by atoms with E-state index in [1.807, 2.05) is 12.1 Å². The molecular formula is C11H15NOS. The fourth-order valence-corrected chi connectivity index (χ4v) is 2.63. The van der Waals surface area contributed by atoms with Gasteiger partial charge in [0.15, 0.2) is 0 Å². The van der Waals surface area contributed by atoms with Crippen molar-refractivity contribution < 1.29 is 5.11 Å². The van der Waals surface area contributed by atoms with Gasteiger partial charge in [-0.3, -0.25) is 0 Å². The molecule has 1 aliphatic rings. The molecule has 0 saturated carbocycles. The second-order valence-electron chi connectivity index (χ2n) is 3.62. The highest BCUT2D eigenvalue weighted by Gasteiger charge is 2.19. The number of hydrogen-bond donors (Lipinski definition) is 2. The Labute approximate surface area is 88.7 Å². The molecule has 1 aliphatic heterocycles. The van der Waals surface area contributed by atoms with Gasteiger partial charge in [-0.1, -0.05) is 0 Å². The molecule has 1 atom stereocenters. The smallest absolute Gasteiger partial charge is 0.115 e. The van der Waals surface area contributed by atoms with E-state index in [-0.39, 0.29) is 0 Å². The molecule has 1 aromatic rings. The van der Waals surface area contributed by atoms with Crippen LogP contribution in [0, 0.1) is 0 Å². The molecule has 1 saturated heterocycles. The van der Waals surface area contributed by atoms with E-state index in [9.17, 15) is 5.11 Å². The molecule has 1 heterocycles. The van der Waals surface area contributed by atoms with E-state index < -0.39 is 0 Å². The molecule has 76 valence electrons. The van der Waals surface area contributed by atoms with Gasteiger partial charge >= 0.3 is 0 Å². The lowest BCUT2D eigenvalue weighted by molar-refractivity contribution is 0.473. The maximum absolute atomic E-state index is 9.46. The highest BCUT2D eigenvalue weighted by atomic mass is 32.2. The summed E-state index contributed by atoms with van der Waals surface area (Å²) in [6.07, 6.45) is 3.26. The summed E-state index contributed by atoms with van der Waals surface area (Å²) in [5, 5.41) is 12.8. The Morgan fingerprint density at radius 3 is 3.00 bits per heavy atom. The summed E-state index contributed by atoms with van der Waals surface area (Å²) in [5.74, 6) is 0.953. The van der Waals surface area contributed by atoms with Crippen LogP contribution in [0.4, 0.5) is 0 Å². The molecule has 0 aliphatic carbocycles. The van der Waals surface area contributed by atoms with Crippen molar-refractivity contribution in [1.82, 2.24) is 5.32 Å². The van der Waals surface area contributed by atoms with E-state index in [2.05, 4.69) is 11.6 Å². The van der Waals surface area contributed by atoms with E-state index >= 15 is 0 Å². The molecule has 0 amide bonds. The fourth-order valence-electron chi connectivity index (χ4n) is 1.96. The molecule has 1 aromatic carbocycles. The van der Waals surface area contributed by atoms with Gasteiger partial charge in [0.05, 0.1) is 0 Å². The van der Waals surface area contributed by atoms with Gasteiger partial charge in [-0.25, -0.2) is 0 Å². The van der Waals surface area contributed by atoms with Crippen LogP contribution in [0.2, 0.25) is 0 Å². The molecule has 1 fully saturated rings. The number of rotatable bonds is 2. The maximum Gasteiger partial charge on any atom is 0.115 e. The monoisotopic (exact) mass is 209 g/mol. The topological polar surface area (TPSA) is 32.3 Å². The predicted octanol–water partition coefficient (Wildman–Crippen LogP) is 2.19. The van der Waals surface area contributed by atoms with Crippen molar-refractivity contribution in [3.05, 3.63) is 23.8 Å². The van der Waals surface area contributed by atoms with E-state index in [0.29, 0.717) is 11.7 Å². The first kappa shape index (κ1) is 9.87. The van der Waals surface area contributed by atoms with Crippen LogP contribution in [0.5, 0.6) is 5.75 Å². The van der Waals surface area contributed by atoms with Gasteiger partial charge in [-0.2, -0.15) is 0 Å². The summed E-state index contributed by atoms with van der Waals surface area (Å²) in [7, 11) is 0. The number of benzene rings is 1. The second kappa shape index (κ2) is 4.24. The van der Waals surface area contributed by atoms with Crippen molar-refractivity contribution >= 4 is 11.8 Å². The van der Waals surface area contributed by atoms with Crippen LogP contribution in [-0.2, 0) is 0 Å². The molecule has 0 spiro atoms. The zero-order valence-corrected chi connectivity index (χ0v) is 9.10. The van der Waals surface area contributed by atoms with Gasteiger partial charge in [-0.05, 0) is 48.9 Å². The summed E-state index contributed by atoms with van der Waals surface area (Å²) in [6, 6.07) is 5.68. The summed E-state index contributed by atoms with van der Waals surface area (Å²) in [5.41, 5.74) is 1.29. The molecule has 0 bridgehead atoms. The molecule has 3 heteroatoms.